The number of aliphatic hydroxyl groups is 1. The van der Waals surface area contributed by atoms with Gasteiger partial charge < -0.3 is 10.2 Å². The molecule has 3 nitrogen and oxygen atoms in total. The molecule has 1 aromatic carbocycles. The molecule has 78 valence electrons. The monoisotopic (exact) mass is 208 g/mol. The maximum atomic E-state index is 13.4. The fraction of sp³-hybridized carbons (Fsp3) is 0.182. The van der Waals surface area contributed by atoms with Crippen molar-refractivity contribution in [2.24, 2.45) is 0 Å². The molecular formula is C11H9FO3. The van der Waals surface area contributed by atoms with Crippen LogP contribution in [0, 0.1) is 17.7 Å². The Kier molecular flexibility index (Phi) is 3.83. The quantitative estimate of drug-likeness (QED) is 0.719. The van der Waals surface area contributed by atoms with E-state index in [0.29, 0.717) is 0 Å². The van der Waals surface area contributed by atoms with E-state index in [1.54, 1.807) is 0 Å². The molecule has 4 heteroatoms. The summed E-state index contributed by atoms with van der Waals surface area (Å²) in [5.41, 5.74) is -0.367. The number of aliphatic hydroxyl groups excluding tert-OH is 1. The first-order valence-electron chi connectivity index (χ1n) is 4.28. The maximum absolute atomic E-state index is 13.4. The van der Waals surface area contributed by atoms with Crippen LogP contribution in [0.25, 0.3) is 0 Å². The van der Waals surface area contributed by atoms with Crippen molar-refractivity contribution in [1.82, 2.24) is 0 Å². The van der Waals surface area contributed by atoms with Crippen LogP contribution in [0.3, 0.4) is 0 Å². The SMILES string of the molecule is O=C(O)c1cccc(C#CCCO)c1F. The van der Waals surface area contributed by atoms with Gasteiger partial charge in [-0.25, -0.2) is 9.18 Å². The predicted molar refractivity (Wildman–Crippen MR) is 51.9 cm³/mol. The number of aromatic carboxylic acids is 1. The van der Waals surface area contributed by atoms with E-state index < -0.39 is 17.3 Å². The Morgan fingerprint density at radius 2 is 2.20 bits per heavy atom. The van der Waals surface area contributed by atoms with Crippen LogP contribution in [0.4, 0.5) is 4.39 Å². The molecular weight excluding hydrogens is 199 g/mol. The fourth-order valence-electron chi connectivity index (χ4n) is 1.01. The van der Waals surface area contributed by atoms with Gasteiger partial charge in [-0.3, -0.25) is 0 Å². The van der Waals surface area contributed by atoms with Gasteiger partial charge in [0.05, 0.1) is 17.7 Å². The highest BCUT2D eigenvalue weighted by Crippen LogP contribution is 2.11. The van der Waals surface area contributed by atoms with Gasteiger partial charge >= 0.3 is 5.97 Å². The van der Waals surface area contributed by atoms with E-state index in [1.165, 1.54) is 18.2 Å². The molecule has 0 amide bonds. The number of hydrogen-bond acceptors (Lipinski definition) is 2. The summed E-state index contributed by atoms with van der Waals surface area (Å²) in [7, 11) is 0. The smallest absolute Gasteiger partial charge is 0.338 e. The number of rotatable bonds is 2. The Morgan fingerprint density at radius 1 is 1.47 bits per heavy atom. The number of carboxylic acid groups (broad SMARTS) is 1. The zero-order valence-electron chi connectivity index (χ0n) is 7.83. The first-order valence-corrected chi connectivity index (χ1v) is 4.28. The van der Waals surface area contributed by atoms with Crippen molar-refractivity contribution in [1.29, 1.82) is 0 Å². The molecule has 1 aromatic rings. The van der Waals surface area contributed by atoms with Crippen LogP contribution in [0.5, 0.6) is 0 Å². The molecule has 15 heavy (non-hydrogen) atoms. The van der Waals surface area contributed by atoms with Crippen LogP contribution in [-0.4, -0.2) is 22.8 Å². The third-order valence-corrected chi connectivity index (χ3v) is 1.69. The third-order valence-electron chi connectivity index (χ3n) is 1.69. The fourth-order valence-corrected chi connectivity index (χ4v) is 1.01. The first-order chi connectivity index (χ1) is 7.16. The van der Waals surface area contributed by atoms with Gasteiger partial charge in [0.25, 0.3) is 0 Å². The molecule has 0 atom stereocenters. The summed E-state index contributed by atoms with van der Waals surface area (Å²) >= 11 is 0. The lowest BCUT2D eigenvalue weighted by atomic mass is 10.1. The van der Waals surface area contributed by atoms with E-state index >= 15 is 0 Å². The van der Waals surface area contributed by atoms with Gasteiger partial charge in [-0.2, -0.15) is 0 Å². The van der Waals surface area contributed by atoms with Gasteiger partial charge in [-0.05, 0) is 12.1 Å². The summed E-state index contributed by atoms with van der Waals surface area (Å²) in [6, 6.07) is 4.00. The summed E-state index contributed by atoms with van der Waals surface area (Å²) in [5, 5.41) is 17.1. The molecule has 0 aliphatic rings. The van der Waals surface area contributed by atoms with Crippen LogP contribution >= 0.6 is 0 Å². The molecule has 0 unspecified atom stereocenters. The molecule has 0 spiro atoms. The highest BCUT2D eigenvalue weighted by molar-refractivity contribution is 5.88. The van der Waals surface area contributed by atoms with E-state index in [-0.39, 0.29) is 18.6 Å². The number of carbonyl (C=O) groups is 1. The average Bonchev–Trinajstić information content (AvgIpc) is 2.20. The van der Waals surface area contributed by atoms with Gasteiger partial charge in [0.1, 0.15) is 0 Å². The summed E-state index contributed by atoms with van der Waals surface area (Å²) in [5.74, 6) is 2.83. The van der Waals surface area contributed by atoms with Crippen molar-refractivity contribution in [3.63, 3.8) is 0 Å². The van der Waals surface area contributed by atoms with E-state index in [4.69, 9.17) is 10.2 Å². The summed E-state index contributed by atoms with van der Waals surface area (Å²) in [6.07, 6.45) is 0.233. The Labute approximate surface area is 86.2 Å². The molecule has 0 radical (unpaired) electrons. The largest absolute Gasteiger partial charge is 0.478 e. The lowest BCUT2D eigenvalue weighted by molar-refractivity contribution is 0.0692. The third kappa shape index (κ3) is 2.79. The number of halogens is 1. The zero-order valence-corrected chi connectivity index (χ0v) is 7.83. The molecule has 0 aliphatic carbocycles. The molecule has 0 saturated carbocycles. The molecule has 2 N–H and O–H groups in total. The molecule has 0 aromatic heterocycles. The van der Waals surface area contributed by atoms with E-state index in [1.807, 2.05) is 0 Å². The summed E-state index contributed by atoms with van der Waals surface area (Å²) < 4.78 is 13.4. The van der Waals surface area contributed by atoms with Crippen LogP contribution in [0.15, 0.2) is 18.2 Å². The molecule has 0 aliphatic heterocycles. The molecule has 0 fully saturated rings. The highest BCUT2D eigenvalue weighted by atomic mass is 19.1. The number of benzene rings is 1. The van der Waals surface area contributed by atoms with Crippen molar-refractivity contribution in [2.45, 2.75) is 6.42 Å². The molecule has 1 rings (SSSR count). The Balaban J connectivity index is 3.06. The van der Waals surface area contributed by atoms with E-state index in [2.05, 4.69) is 11.8 Å². The summed E-state index contributed by atoms with van der Waals surface area (Å²) in [4.78, 5) is 10.6. The zero-order chi connectivity index (χ0) is 11.3. The van der Waals surface area contributed by atoms with Crippen LogP contribution in [-0.2, 0) is 0 Å². The predicted octanol–water partition coefficient (Wildman–Crippen LogP) is 1.26. The minimum absolute atomic E-state index is 0.0309. The van der Waals surface area contributed by atoms with Crippen molar-refractivity contribution < 1.29 is 19.4 Å². The minimum Gasteiger partial charge on any atom is -0.478 e. The Hall–Kier alpha value is -1.86. The Morgan fingerprint density at radius 3 is 2.80 bits per heavy atom. The molecule has 0 bridgehead atoms. The lowest BCUT2D eigenvalue weighted by Crippen LogP contribution is -2.01. The van der Waals surface area contributed by atoms with E-state index in [0.717, 1.165) is 0 Å². The van der Waals surface area contributed by atoms with Gasteiger partial charge in [0.15, 0.2) is 5.82 Å². The summed E-state index contributed by atoms with van der Waals surface area (Å²) in [6.45, 7) is -0.104. The van der Waals surface area contributed by atoms with E-state index in [9.17, 15) is 9.18 Å². The number of hydrogen-bond donors (Lipinski definition) is 2. The second-order valence-corrected chi connectivity index (χ2v) is 2.75. The lowest BCUT2D eigenvalue weighted by Gasteiger charge is -1.98. The van der Waals surface area contributed by atoms with Crippen molar-refractivity contribution in [3.8, 4) is 11.8 Å². The standard InChI is InChI=1S/C11H9FO3/c12-10-8(4-1-2-7-13)5-3-6-9(10)11(14)15/h3,5-6,13H,2,7H2,(H,14,15). The normalized spacial score (nSPS) is 9.20. The van der Waals surface area contributed by atoms with Gasteiger partial charge in [0.2, 0.25) is 0 Å². The first kappa shape index (κ1) is 11.2. The van der Waals surface area contributed by atoms with Crippen LogP contribution < -0.4 is 0 Å². The highest BCUT2D eigenvalue weighted by Gasteiger charge is 2.11. The minimum atomic E-state index is -1.32. The van der Waals surface area contributed by atoms with Crippen molar-refractivity contribution in [2.75, 3.05) is 6.61 Å². The van der Waals surface area contributed by atoms with Gasteiger partial charge in [-0.15, -0.1) is 0 Å². The van der Waals surface area contributed by atoms with Crippen LogP contribution in [0.1, 0.15) is 22.3 Å². The van der Waals surface area contributed by atoms with Crippen molar-refractivity contribution in [3.05, 3.63) is 35.1 Å². The maximum Gasteiger partial charge on any atom is 0.338 e. The molecule has 0 saturated heterocycles. The van der Waals surface area contributed by atoms with Gasteiger partial charge in [-0.1, -0.05) is 17.9 Å². The number of carboxylic acids is 1. The average molecular weight is 208 g/mol. The second-order valence-electron chi connectivity index (χ2n) is 2.75. The van der Waals surface area contributed by atoms with Crippen molar-refractivity contribution >= 4 is 5.97 Å². The second kappa shape index (κ2) is 5.13. The molecule has 0 heterocycles. The topological polar surface area (TPSA) is 57.5 Å². The van der Waals surface area contributed by atoms with Gasteiger partial charge in [0, 0.05) is 6.42 Å². The van der Waals surface area contributed by atoms with Crippen LogP contribution in [0.2, 0.25) is 0 Å². The Bertz CT molecular complexity index is 429.